The summed E-state index contributed by atoms with van der Waals surface area (Å²) in [5.41, 5.74) is 0.318. The highest BCUT2D eigenvalue weighted by molar-refractivity contribution is 9.10. The standard InChI is InChI=1S/C10H10BrFO3/c1-13-8-5-6(11)4-7(12)9(8)10-14-2-3-15-10/h4-5,10H,2-3H2,1H3. The maximum absolute atomic E-state index is 13.7. The number of ether oxygens (including phenoxy) is 3. The van der Waals surface area contributed by atoms with Crippen LogP contribution in [0.5, 0.6) is 5.75 Å². The molecule has 1 aliphatic rings. The van der Waals surface area contributed by atoms with Gasteiger partial charge in [-0.15, -0.1) is 0 Å². The fourth-order valence-corrected chi connectivity index (χ4v) is 1.89. The molecule has 1 heterocycles. The highest BCUT2D eigenvalue weighted by Crippen LogP contribution is 2.35. The summed E-state index contributed by atoms with van der Waals surface area (Å²) in [6, 6.07) is 3.05. The van der Waals surface area contributed by atoms with Crippen LogP contribution in [-0.4, -0.2) is 20.3 Å². The zero-order valence-electron chi connectivity index (χ0n) is 8.13. The smallest absolute Gasteiger partial charge is 0.190 e. The SMILES string of the molecule is COc1cc(Br)cc(F)c1C1OCCO1. The Morgan fingerprint density at radius 1 is 1.40 bits per heavy atom. The maximum atomic E-state index is 13.7. The highest BCUT2D eigenvalue weighted by atomic mass is 79.9. The van der Waals surface area contributed by atoms with E-state index in [0.717, 1.165) is 0 Å². The van der Waals surface area contributed by atoms with Gasteiger partial charge in [0.15, 0.2) is 6.29 Å². The minimum Gasteiger partial charge on any atom is -0.496 e. The normalized spacial score (nSPS) is 17.0. The van der Waals surface area contributed by atoms with Crippen molar-refractivity contribution in [1.29, 1.82) is 0 Å². The van der Waals surface area contributed by atoms with Gasteiger partial charge in [0.1, 0.15) is 11.6 Å². The minimum atomic E-state index is -0.659. The lowest BCUT2D eigenvalue weighted by molar-refractivity contribution is -0.0479. The second kappa shape index (κ2) is 4.47. The number of halogens is 2. The number of hydrogen-bond acceptors (Lipinski definition) is 3. The van der Waals surface area contributed by atoms with Crippen LogP contribution < -0.4 is 4.74 Å². The molecule has 15 heavy (non-hydrogen) atoms. The second-order valence-electron chi connectivity index (χ2n) is 3.08. The lowest BCUT2D eigenvalue weighted by Crippen LogP contribution is -2.04. The van der Waals surface area contributed by atoms with E-state index in [4.69, 9.17) is 14.2 Å². The monoisotopic (exact) mass is 276 g/mol. The first-order valence-electron chi connectivity index (χ1n) is 4.48. The van der Waals surface area contributed by atoms with Gasteiger partial charge in [0.05, 0.1) is 25.9 Å². The molecule has 0 N–H and O–H groups in total. The van der Waals surface area contributed by atoms with Crippen molar-refractivity contribution in [3.05, 3.63) is 28.0 Å². The predicted molar refractivity (Wildman–Crippen MR) is 55.3 cm³/mol. The lowest BCUT2D eigenvalue weighted by Gasteiger charge is -2.14. The van der Waals surface area contributed by atoms with E-state index in [1.165, 1.54) is 13.2 Å². The second-order valence-corrected chi connectivity index (χ2v) is 3.99. The van der Waals surface area contributed by atoms with Crippen LogP contribution in [0.2, 0.25) is 0 Å². The van der Waals surface area contributed by atoms with Crippen LogP contribution in [0.1, 0.15) is 11.9 Å². The van der Waals surface area contributed by atoms with Crippen LogP contribution in [-0.2, 0) is 9.47 Å². The molecule has 1 aromatic rings. The quantitative estimate of drug-likeness (QED) is 0.831. The van der Waals surface area contributed by atoms with Crippen LogP contribution in [0.3, 0.4) is 0 Å². The van der Waals surface area contributed by atoms with Crippen molar-refractivity contribution in [3.63, 3.8) is 0 Å². The summed E-state index contributed by atoms with van der Waals surface area (Å²) in [6.07, 6.45) is -0.659. The number of benzene rings is 1. The van der Waals surface area contributed by atoms with Gasteiger partial charge in [-0.2, -0.15) is 0 Å². The first-order chi connectivity index (χ1) is 7.22. The average Bonchev–Trinajstić information content (AvgIpc) is 2.69. The Morgan fingerprint density at radius 3 is 2.67 bits per heavy atom. The third kappa shape index (κ3) is 2.14. The molecule has 0 radical (unpaired) electrons. The van der Waals surface area contributed by atoms with Crippen LogP contribution in [0, 0.1) is 5.82 Å². The van der Waals surface area contributed by atoms with Crippen molar-refractivity contribution < 1.29 is 18.6 Å². The van der Waals surface area contributed by atoms with Gasteiger partial charge in [0.25, 0.3) is 0 Å². The van der Waals surface area contributed by atoms with E-state index in [1.807, 2.05) is 0 Å². The van der Waals surface area contributed by atoms with Crippen molar-refractivity contribution in [2.75, 3.05) is 20.3 Å². The molecule has 5 heteroatoms. The van der Waals surface area contributed by atoms with Gasteiger partial charge < -0.3 is 14.2 Å². The molecule has 0 spiro atoms. The van der Waals surface area contributed by atoms with Gasteiger partial charge in [-0.05, 0) is 12.1 Å². The zero-order chi connectivity index (χ0) is 10.8. The molecule has 2 rings (SSSR count). The Bertz CT molecular complexity index is 364. The molecule has 1 saturated heterocycles. The number of methoxy groups -OCH3 is 1. The van der Waals surface area contributed by atoms with Crippen molar-refractivity contribution in [2.45, 2.75) is 6.29 Å². The highest BCUT2D eigenvalue weighted by Gasteiger charge is 2.26. The molecule has 0 atom stereocenters. The summed E-state index contributed by atoms with van der Waals surface area (Å²) in [5.74, 6) is 0.0295. The molecular formula is C10H10BrFO3. The van der Waals surface area contributed by atoms with Crippen LogP contribution in [0.4, 0.5) is 4.39 Å². The molecule has 1 aliphatic heterocycles. The van der Waals surface area contributed by atoms with Crippen molar-refractivity contribution in [2.24, 2.45) is 0 Å². The number of rotatable bonds is 2. The van der Waals surface area contributed by atoms with E-state index in [0.29, 0.717) is 29.0 Å². The molecule has 0 saturated carbocycles. The Kier molecular flexibility index (Phi) is 3.23. The molecule has 0 aromatic heterocycles. The van der Waals surface area contributed by atoms with Crippen LogP contribution in [0.15, 0.2) is 16.6 Å². The van der Waals surface area contributed by atoms with E-state index < -0.39 is 12.1 Å². The molecular weight excluding hydrogens is 267 g/mol. The third-order valence-electron chi connectivity index (χ3n) is 2.13. The molecule has 0 aliphatic carbocycles. The predicted octanol–water partition coefficient (Wildman–Crippen LogP) is 2.64. The third-order valence-corrected chi connectivity index (χ3v) is 2.59. The molecule has 1 fully saturated rings. The molecule has 82 valence electrons. The Labute approximate surface area is 95.3 Å². The maximum Gasteiger partial charge on any atom is 0.190 e. The van der Waals surface area contributed by atoms with Crippen molar-refractivity contribution in [3.8, 4) is 5.75 Å². The zero-order valence-corrected chi connectivity index (χ0v) is 9.71. The summed E-state index contributed by atoms with van der Waals surface area (Å²) < 4.78 is 29.9. The summed E-state index contributed by atoms with van der Waals surface area (Å²) in [6.45, 7) is 0.951. The largest absolute Gasteiger partial charge is 0.496 e. The van der Waals surface area contributed by atoms with E-state index in [-0.39, 0.29) is 0 Å². The van der Waals surface area contributed by atoms with Gasteiger partial charge in [-0.25, -0.2) is 4.39 Å². The molecule has 3 nitrogen and oxygen atoms in total. The van der Waals surface area contributed by atoms with Gasteiger partial charge in [0, 0.05) is 4.47 Å². The van der Waals surface area contributed by atoms with Crippen LogP contribution in [0.25, 0.3) is 0 Å². The summed E-state index contributed by atoms with van der Waals surface area (Å²) in [7, 11) is 1.49. The Morgan fingerprint density at radius 2 is 2.07 bits per heavy atom. The Hall–Kier alpha value is -0.650. The summed E-state index contributed by atoms with van der Waals surface area (Å²) in [5, 5.41) is 0. The topological polar surface area (TPSA) is 27.7 Å². The Balaban J connectivity index is 2.43. The van der Waals surface area contributed by atoms with Gasteiger partial charge in [0.2, 0.25) is 0 Å². The van der Waals surface area contributed by atoms with Gasteiger partial charge in [-0.1, -0.05) is 15.9 Å². The van der Waals surface area contributed by atoms with Gasteiger partial charge >= 0.3 is 0 Å². The van der Waals surface area contributed by atoms with Crippen molar-refractivity contribution >= 4 is 15.9 Å². The molecule has 0 unspecified atom stereocenters. The fourth-order valence-electron chi connectivity index (χ4n) is 1.48. The van der Waals surface area contributed by atoms with Gasteiger partial charge in [-0.3, -0.25) is 0 Å². The summed E-state index contributed by atoms with van der Waals surface area (Å²) >= 11 is 3.19. The fraction of sp³-hybridized carbons (Fsp3) is 0.400. The molecule has 1 aromatic carbocycles. The van der Waals surface area contributed by atoms with E-state index in [9.17, 15) is 4.39 Å². The summed E-state index contributed by atoms with van der Waals surface area (Å²) in [4.78, 5) is 0. The van der Waals surface area contributed by atoms with E-state index in [1.54, 1.807) is 6.07 Å². The average molecular weight is 277 g/mol. The minimum absolute atomic E-state index is 0.318. The van der Waals surface area contributed by atoms with E-state index in [2.05, 4.69) is 15.9 Å². The first kappa shape index (κ1) is 10.9. The van der Waals surface area contributed by atoms with Crippen LogP contribution >= 0.6 is 15.9 Å². The molecule has 0 bridgehead atoms. The van der Waals surface area contributed by atoms with Crippen molar-refractivity contribution in [1.82, 2.24) is 0 Å². The molecule has 0 amide bonds. The lowest BCUT2D eigenvalue weighted by atomic mass is 10.2. The van der Waals surface area contributed by atoms with E-state index >= 15 is 0 Å². The first-order valence-corrected chi connectivity index (χ1v) is 5.28. The number of hydrogen-bond donors (Lipinski definition) is 0.